The van der Waals surface area contributed by atoms with Crippen LogP contribution in [0.2, 0.25) is 0 Å². The lowest BCUT2D eigenvalue weighted by Gasteiger charge is -2.35. The minimum atomic E-state index is -0.319. The number of carbonyl (C=O) groups excluding carboxylic acids is 4. The first kappa shape index (κ1) is 26.8. The monoisotopic (exact) mass is 525 g/mol. The Bertz CT molecular complexity index is 1070. The van der Waals surface area contributed by atoms with Crippen LogP contribution in [0.5, 0.6) is 0 Å². The zero-order valence-corrected chi connectivity index (χ0v) is 23.5. The summed E-state index contributed by atoms with van der Waals surface area (Å²) in [5, 5.41) is 3.09. The van der Waals surface area contributed by atoms with Crippen molar-refractivity contribution in [3.8, 4) is 0 Å². The van der Waals surface area contributed by atoms with Gasteiger partial charge in [0.2, 0.25) is 17.7 Å². The van der Waals surface area contributed by atoms with E-state index in [1.54, 1.807) is 12.2 Å². The van der Waals surface area contributed by atoms with E-state index < -0.39 is 0 Å². The topological polar surface area (TPSA) is 93.3 Å². The summed E-state index contributed by atoms with van der Waals surface area (Å²) in [6.07, 6.45) is 6.98. The highest BCUT2D eigenvalue weighted by molar-refractivity contribution is 6.07. The van der Waals surface area contributed by atoms with Gasteiger partial charge in [-0.25, -0.2) is 0 Å². The molecule has 5 rings (SSSR count). The molecule has 208 valence electrons. The van der Waals surface area contributed by atoms with Crippen molar-refractivity contribution >= 4 is 23.5 Å². The van der Waals surface area contributed by atoms with Gasteiger partial charge in [-0.05, 0) is 38.0 Å². The average Bonchev–Trinajstić information content (AvgIpc) is 3.65. The van der Waals surface area contributed by atoms with Crippen molar-refractivity contribution in [2.45, 2.75) is 96.9 Å². The fourth-order valence-corrected chi connectivity index (χ4v) is 7.30. The van der Waals surface area contributed by atoms with Crippen LogP contribution in [0.15, 0.2) is 23.5 Å². The first-order valence-electron chi connectivity index (χ1n) is 14.5. The molecular formula is C29H43N5O4. The maximum absolute atomic E-state index is 13.3. The van der Waals surface area contributed by atoms with Gasteiger partial charge in [0.1, 0.15) is 0 Å². The van der Waals surface area contributed by atoms with Gasteiger partial charge >= 0.3 is 0 Å². The van der Waals surface area contributed by atoms with Crippen LogP contribution in [0.3, 0.4) is 0 Å². The Morgan fingerprint density at radius 3 is 2.18 bits per heavy atom. The first-order chi connectivity index (χ1) is 18.1. The van der Waals surface area contributed by atoms with Gasteiger partial charge in [-0.15, -0.1) is 0 Å². The average molecular weight is 526 g/mol. The molecule has 0 aromatic carbocycles. The summed E-state index contributed by atoms with van der Waals surface area (Å²) in [4.78, 5) is 59.2. The van der Waals surface area contributed by atoms with Crippen LogP contribution in [0, 0.1) is 11.8 Å². The van der Waals surface area contributed by atoms with E-state index in [2.05, 4.69) is 49.7 Å². The van der Waals surface area contributed by atoms with Crippen molar-refractivity contribution in [2.75, 3.05) is 26.2 Å². The van der Waals surface area contributed by atoms with E-state index in [9.17, 15) is 19.2 Å². The fourth-order valence-electron chi connectivity index (χ4n) is 7.30. The van der Waals surface area contributed by atoms with Crippen LogP contribution < -0.4 is 5.32 Å². The van der Waals surface area contributed by atoms with E-state index >= 15 is 0 Å². The lowest BCUT2D eigenvalue weighted by Crippen LogP contribution is -2.48. The quantitative estimate of drug-likeness (QED) is 0.487. The van der Waals surface area contributed by atoms with Gasteiger partial charge in [-0.2, -0.15) is 0 Å². The molecule has 5 aliphatic rings. The molecular weight excluding hydrogens is 482 g/mol. The largest absolute Gasteiger partial charge is 0.371 e. The van der Waals surface area contributed by atoms with Gasteiger partial charge in [0.05, 0.1) is 36.6 Å². The minimum Gasteiger partial charge on any atom is -0.371 e. The zero-order valence-electron chi connectivity index (χ0n) is 23.5. The molecule has 5 aliphatic heterocycles. The minimum absolute atomic E-state index is 0.00408. The van der Waals surface area contributed by atoms with Gasteiger partial charge in [0.25, 0.3) is 0 Å². The number of nitrogens with one attached hydrogen (secondary N) is 1. The van der Waals surface area contributed by atoms with Crippen molar-refractivity contribution in [1.29, 1.82) is 0 Å². The SMILES string of the molecule is CCC(C)[C@H]1C(=O)CC(=O)N1[C@H]1CCN(C2=CC(=O)N([C@H]3CCN(C4=CC(=O)N[C@H]4CC(C)C)C3)[C@H]2C)C1. The van der Waals surface area contributed by atoms with E-state index in [1.807, 2.05) is 9.80 Å². The molecule has 9 heteroatoms. The molecule has 0 aliphatic carbocycles. The van der Waals surface area contributed by atoms with Gasteiger partial charge in [-0.3, -0.25) is 19.2 Å². The van der Waals surface area contributed by atoms with Crippen LogP contribution in [0.1, 0.15) is 66.7 Å². The van der Waals surface area contributed by atoms with Crippen molar-refractivity contribution in [3.05, 3.63) is 23.5 Å². The number of ketones is 1. The van der Waals surface area contributed by atoms with Gasteiger partial charge in [0, 0.05) is 49.7 Å². The van der Waals surface area contributed by atoms with Crippen molar-refractivity contribution in [2.24, 2.45) is 11.8 Å². The Kier molecular flexibility index (Phi) is 7.31. The lowest BCUT2D eigenvalue weighted by molar-refractivity contribution is -0.132. The van der Waals surface area contributed by atoms with E-state index in [0.29, 0.717) is 12.5 Å². The Balaban J connectivity index is 1.23. The van der Waals surface area contributed by atoms with E-state index in [-0.39, 0.29) is 66.1 Å². The van der Waals surface area contributed by atoms with Crippen LogP contribution in [0.25, 0.3) is 0 Å². The van der Waals surface area contributed by atoms with E-state index in [1.165, 1.54) is 0 Å². The standard InChI is InChI=1S/C29H43N5O4/c1-6-18(4)29-25(35)14-28(38)34(29)21-8-9-31(16-21)23-13-27(37)33(19(23)5)20-7-10-32(15-20)24-12-26(36)30-22(24)11-17(2)3/h12-13,17-22,29H,6-11,14-16H2,1-5H3,(H,30,36)/t18?,19-,20-,21-,22-,29-/m0/s1. The van der Waals surface area contributed by atoms with Gasteiger partial charge < -0.3 is 24.9 Å². The predicted molar refractivity (Wildman–Crippen MR) is 144 cm³/mol. The molecule has 0 bridgehead atoms. The Morgan fingerprint density at radius 2 is 1.55 bits per heavy atom. The van der Waals surface area contributed by atoms with E-state index in [4.69, 9.17) is 0 Å². The first-order valence-corrected chi connectivity index (χ1v) is 14.5. The third-order valence-electron chi connectivity index (χ3n) is 9.30. The maximum atomic E-state index is 13.3. The van der Waals surface area contributed by atoms with Crippen LogP contribution >= 0.6 is 0 Å². The number of nitrogens with zero attached hydrogens (tertiary/aromatic N) is 4. The summed E-state index contributed by atoms with van der Waals surface area (Å²) >= 11 is 0. The maximum Gasteiger partial charge on any atom is 0.249 e. The second-order valence-electron chi connectivity index (χ2n) is 12.3. The number of amides is 3. The van der Waals surface area contributed by atoms with Crippen molar-refractivity contribution in [1.82, 2.24) is 24.9 Å². The summed E-state index contributed by atoms with van der Waals surface area (Å²) in [6, 6.07) is -0.224. The normalized spacial score (nSPS) is 32.7. The molecule has 3 saturated heterocycles. The molecule has 5 heterocycles. The summed E-state index contributed by atoms with van der Waals surface area (Å²) in [5.41, 5.74) is 2.07. The molecule has 0 aromatic rings. The molecule has 0 spiro atoms. The zero-order chi connectivity index (χ0) is 27.3. The highest BCUT2D eigenvalue weighted by Gasteiger charge is 2.48. The molecule has 38 heavy (non-hydrogen) atoms. The van der Waals surface area contributed by atoms with Crippen LogP contribution in [-0.4, -0.2) is 99.5 Å². The second kappa shape index (κ2) is 10.4. The molecule has 9 nitrogen and oxygen atoms in total. The van der Waals surface area contributed by atoms with Crippen molar-refractivity contribution < 1.29 is 19.2 Å². The number of carbonyl (C=O) groups is 4. The lowest BCUT2D eigenvalue weighted by atomic mass is 9.95. The third-order valence-corrected chi connectivity index (χ3v) is 9.30. The third kappa shape index (κ3) is 4.73. The highest BCUT2D eigenvalue weighted by Crippen LogP contribution is 2.35. The molecule has 6 atom stereocenters. The fraction of sp³-hybridized carbons (Fsp3) is 0.724. The summed E-state index contributed by atoms with van der Waals surface area (Å²) in [7, 11) is 0. The van der Waals surface area contributed by atoms with Gasteiger partial charge in [0.15, 0.2) is 5.78 Å². The molecule has 0 radical (unpaired) electrons. The van der Waals surface area contributed by atoms with Crippen molar-refractivity contribution in [3.63, 3.8) is 0 Å². The molecule has 3 amide bonds. The summed E-state index contributed by atoms with van der Waals surface area (Å²) in [5.74, 6) is 0.645. The molecule has 0 aromatic heterocycles. The number of hydrogen-bond donors (Lipinski definition) is 1. The number of rotatable bonds is 8. The molecule has 3 fully saturated rings. The number of hydrogen-bond acceptors (Lipinski definition) is 6. The summed E-state index contributed by atoms with van der Waals surface area (Å²) < 4.78 is 0. The Hall–Kier alpha value is -2.84. The van der Waals surface area contributed by atoms with Crippen LogP contribution in [-0.2, 0) is 19.2 Å². The summed E-state index contributed by atoms with van der Waals surface area (Å²) in [6.45, 7) is 13.6. The Morgan fingerprint density at radius 1 is 0.921 bits per heavy atom. The van der Waals surface area contributed by atoms with E-state index in [0.717, 1.165) is 56.7 Å². The Labute approximate surface area is 226 Å². The smallest absolute Gasteiger partial charge is 0.249 e. The highest BCUT2D eigenvalue weighted by atomic mass is 16.2. The molecule has 1 unspecified atom stereocenters. The molecule has 0 saturated carbocycles. The number of likely N-dealkylation sites (tertiary alicyclic amines) is 3. The van der Waals surface area contributed by atoms with Crippen LogP contribution in [0.4, 0.5) is 0 Å². The van der Waals surface area contributed by atoms with Gasteiger partial charge in [-0.1, -0.05) is 34.1 Å². The molecule has 1 N–H and O–H groups in total. The predicted octanol–water partition coefficient (Wildman–Crippen LogP) is 1.89. The second-order valence-corrected chi connectivity index (χ2v) is 12.3. The number of Topliss-reactive ketones (excluding diaryl/α,β-unsaturated/α-hetero) is 1.